The summed E-state index contributed by atoms with van der Waals surface area (Å²) in [7, 11) is 0. The van der Waals surface area contributed by atoms with E-state index in [9.17, 15) is 19.2 Å². The molecule has 30 heavy (non-hydrogen) atoms. The monoisotopic (exact) mass is 427 g/mol. The second-order valence-electron chi connectivity index (χ2n) is 7.63. The third-order valence-corrected chi connectivity index (χ3v) is 4.07. The second-order valence-corrected chi connectivity index (χ2v) is 7.63. The maximum absolute atomic E-state index is 12.2. The lowest BCUT2D eigenvalue weighted by molar-refractivity contribution is -0.153. The highest BCUT2D eigenvalue weighted by Crippen LogP contribution is 2.21. The van der Waals surface area contributed by atoms with E-state index >= 15 is 0 Å². The minimum absolute atomic E-state index is 0.101. The van der Waals surface area contributed by atoms with Gasteiger partial charge in [0.1, 0.15) is 32.0 Å². The number of nitrogens with one attached hydrogen (secondary N) is 1. The highest BCUT2D eigenvalue weighted by atomic mass is 16.6. The van der Waals surface area contributed by atoms with Crippen molar-refractivity contribution in [2.45, 2.75) is 40.2 Å². The summed E-state index contributed by atoms with van der Waals surface area (Å²) in [5.74, 6) is -1.76. The zero-order chi connectivity index (χ0) is 23.3. The lowest BCUT2D eigenvalue weighted by atomic mass is 9.86. The molecule has 0 aromatic rings. The van der Waals surface area contributed by atoms with Gasteiger partial charge in [-0.15, -0.1) is 0 Å². The molecular weight excluding hydrogens is 394 g/mol. The van der Waals surface area contributed by atoms with E-state index in [1.165, 1.54) is 6.92 Å². The van der Waals surface area contributed by atoms with E-state index in [2.05, 4.69) is 18.5 Å². The van der Waals surface area contributed by atoms with Gasteiger partial charge in [0.2, 0.25) is 0 Å². The van der Waals surface area contributed by atoms with Crippen LogP contribution in [-0.2, 0) is 33.3 Å². The summed E-state index contributed by atoms with van der Waals surface area (Å²) < 4.78 is 20.1. The fraction of sp³-hybridized carbons (Fsp3) is 0.619. The van der Waals surface area contributed by atoms with Crippen LogP contribution in [0.2, 0.25) is 0 Å². The van der Waals surface area contributed by atoms with Gasteiger partial charge in [0, 0.05) is 12.2 Å². The number of ether oxygens (including phenoxy) is 4. The van der Waals surface area contributed by atoms with Crippen LogP contribution in [0.5, 0.6) is 0 Å². The van der Waals surface area contributed by atoms with Crippen molar-refractivity contribution in [3.8, 4) is 0 Å². The first kappa shape index (κ1) is 27.2. The van der Waals surface area contributed by atoms with Crippen LogP contribution in [0.15, 0.2) is 25.3 Å². The van der Waals surface area contributed by atoms with Crippen molar-refractivity contribution in [1.82, 2.24) is 5.32 Å². The number of esters is 3. The molecule has 0 aromatic carbocycles. The van der Waals surface area contributed by atoms with Crippen LogP contribution in [0.3, 0.4) is 0 Å². The average molecular weight is 427 g/mol. The molecule has 1 N–H and O–H groups in total. The molecule has 0 radical (unpaired) electrons. The molecule has 9 nitrogen and oxygen atoms in total. The number of alkyl carbamates (subject to hydrolysis) is 1. The highest BCUT2D eigenvalue weighted by Gasteiger charge is 2.31. The molecule has 0 aliphatic heterocycles. The van der Waals surface area contributed by atoms with Gasteiger partial charge in [-0.3, -0.25) is 4.79 Å². The van der Waals surface area contributed by atoms with Gasteiger partial charge in [0.25, 0.3) is 0 Å². The van der Waals surface area contributed by atoms with E-state index in [0.717, 1.165) is 12.2 Å². The van der Waals surface area contributed by atoms with Gasteiger partial charge in [-0.05, 0) is 18.8 Å². The van der Waals surface area contributed by atoms with Crippen LogP contribution in [0.4, 0.5) is 4.79 Å². The molecule has 0 fully saturated rings. The number of hydrogen-bond donors (Lipinski definition) is 1. The van der Waals surface area contributed by atoms with E-state index < -0.39 is 23.6 Å². The third-order valence-electron chi connectivity index (χ3n) is 4.07. The SMILES string of the molecule is C=CC(=O)OCC(C)(COC(=O)C=C)NC(=O)OCCOC(=O)C(C(C)C)C(C)C. The molecule has 0 saturated carbocycles. The standard InChI is InChI=1S/C21H33NO8/c1-8-16(23)29-12-21(7,13-30-17(24)9-2)22-20(26)28-11-10-27-19(25)18(14(3)4)15(5)6/h8-9,14-15,18H,1-2,10-13H2,3-7H3,(H,22,26). The fourth-order valence-electron chi connectivity index (χ4n) is 2.66. The van der Waals surface area contributed by atoms with Gasteiger partial charge >= 0.3 is 24.0 Å². The molecule has 0 aromatic heterocycles. The highest BCUT2D eigenvalue weighted by molar-refractivity contribution is 5.82. The minimum atomic E-state index is -1.26. The van der Waals surface area contributed by atoms with Gasteiger partial charge in [0.15, 0.2) is 0 Å². The zero-order valence-corrected chi connectivity index (χ0v) is 18.4. The average Bonchev–Trinajstić information content (AvgIpc) is 2.67. The molecule has 0 aliphatic carbocycles. The van der Waals surface area contributed by atoms with Crippen LogP contribution in [0.25, 0.3) is 0 Å². The third kappa shape index (κ3) is 10.6. The largest absolute Gasteiger partial charge is 0.462 e. The van der Waals surface area contributed by atoms with E-state index in [1.54, 1.807) is 0 Å². The predicted octanol–water partition coefficient (Wildman–Crippen LogP) is 2.40. The van der Waals surface area contributed by atoms with Crippen molar-refractivity contribution in [2.75, 3.05) is 26.4 Å². The molecule has 0 saturated heterocycles. The Bertz CT molecular complexity index is 594. The molecule has 0 heterocycles. The van der Waals surface area contributed by atoms with E-state index in [1.807, 2.05) is 27.7 Å². The Labute approximate surface area is 177 Å². The van der Waals surface area contributed by atoms with Crippen molar-refractivity contribution in [3.63, 3.8) is 0 Å². The predicted molar refractivity (Wildman–Crippen MR) is 109 cm³/mol. The van der Waals surface area contributed by atoms with Gasteiger partial charge < -0.3 is 24.3 Å². The van der Waals surface area contributed by atoms with E-state index in [4.69, 9.17) is 18.9 Å². The number of hydrogen-bond acceptors (Lipinski definition) is 8. The summed E-state index contributed by atoms with van der Waals surface area (Å²) >= 11 is 0. The molecule has 170 valence electrons. The first-order valence-electron chi connectivity index (χ1n) is 9.65. The first-order chi connectivity index (χ1) is 14.0. The fourth-order valence-corrected chi connectivity index (χ4v) is 2.66. The molecule has 0 atom stereocenters. The van der Waals surface area contributed by atoms with Crippen molar-refractivity contribution in [3.05, 3.63) is 25.3 Å². The summed E-state index contributed by atoms with van der Waals surface area (Å²) in [6.07, 6.45) is 1.07. The van der Waals surface area contributed by atoms with Crippen molar-refractivity contribution >= 4 is 24.0 Å². The number of amides is 1. The lowest BCUT2D eigenvalue weighted by Gasteiger charge is -2.29. The second kappa shape index (κ2) is 13.4. The van der Waals surface area contributed by atoms with Crippen LogP contribution >= 0.6 is 0 Å². The Morgan fingerprint density at radius 1 is 0.833 bits per heavy atom. The van der Waals surface area contributed by atoms with Crippen LogP contribution in [0, 0.1) is 17.8 Å². The lowest BCUT2D eigenvalue weighted by Crippen LogP contribution is -2.53. The molecule has 0 rings (SSSR count). The zero-order valence-electron chi connectivity index (χ0n) is 18.4. The summed E-state index contributed by atoms with van der Waals surface area (Å²) in [5, 5.41) is 2.47. The smallest absolute Gasteiger partial charge is 0.407 e. The van der Waals surface area contributed by atoms with Gasteiger partial charge in [-0.25, -0.2) is 14.4 Å². The summed E-state index contributed by atoms with van der Waals surface area (Å²) in [6.45, 7) is 15.0. The molecule has 0 unspecified atom stereocenters. The maximum Gasteiger partial charge on any atom is 0.407 e. The van der Waals surface area contributed by atoms with E-state index in [-0.39, 0.29) is 50.2 Å². The molecule has 0 aliphatic rings. The van der Waals surface area contributed by atoms with Crippen LogP contribution in [-0.4, -0.2) is 56.0 Å². The van der Waals surface area contributed by atoms with E-state index in [0.29, 0.717) is 0 Å². The van der Waals surface area contributed by atoms with Crippen molar-refractivity contribution < 1.29 is 38.1 Å². The van der Waals surface area contributed by atoms with Crippen LogP contribution in [0.1, 0.15) is 34.6 Å². The van der Waals surface area contributed by atoms with Gasteiger partial charge in [0.05, 0.1) is 5.92 Å². The van der Waals surface area contributed by atoms with Crippen molar-refractivity contribution in [2.24, 2.45) is 17.8 Å². The maximum atomic E-state index is 12.2. The molecule has 1 amide bonds. The quantitative estimate of drug-likeness (QED) is 0.206. The Hall–Kier alpha value is -2.84. The summed E-state index contributed by atoms with van der Waals surface area (Å²) in [5.41, 5.74) is -1.26. The van der Waals surface area contributed by atoms with Crippen LogP contribution < -0.4 is 5.32 Å². The Morgan fingerprint density at radius 2 is 1.27 bits per heavy atom. The normalized spacial score (nSPS) is 11.1. The molecule has 0 bridgehead atoms. The van der Waals surface area contributed by atoms with Gasteiger partial charge in [-0.2, -0.15) is 0 Å². The summed E-state index contributed by atoms with van der Waals surface area (Å²) in [6, 6.07) is 0. The first-order valence-corrected chi connectivity index (χ1v) is 9.65. The Balaban J connectivity index is 4.67. The van der Waals surface area contributed by atoms with Crippen molar-refractivity contribution in [1.29, 1.82) is 0 Å². The number of rotatable bonds is 13. The number of carbonyl (C=O) groups excluding carboxylic acids is 4. The summed E-state index contributed by atoms with van der Waals surface area (Å²) in [4.78, 5) is 46.9. The Kier molecular flexibility index (Phi) is 12.1. The molecule has 0 spiro atoms. The molecular formula is C21H33NO8. The Morgan fingerprint density at radius 3 is 1.67 bits per heavy atom. The minimum Gasteiger partial charge on any atom is -0.462 e. The van der Waals surface area contributed by atoms with Gasteiger partial charge in [-0.1, -0.05) is 40.9 Å². The molecule has 9 heteroatoms. The number of carbonyl (C=O) groups is 4. The topological polar surface area (TPSA) is 117 Å².